The van der Waals surface area contributed by atoms with Crippen molar-refractivity contribution in [2.24, 2.45) is 5.73 Å². The average molecular weight is 253 g/mol. The van der Waals surface area contributed by atoms with Crippen LogP contribution in [-0.4, -0.2) is 31.0 Å². The molecule has 0 saturated heterocycles. The molecule has 0 unspecified atom stereocenters. The first-order valence-corrected chi connectivity index (χ1v) is 5.41. The molecule has 98 valence electrons. The molecular formula is C11H15N3O4. The van der Waals surface area contributed by atoms with Crippen LogP contribution >= 0.6 is 0 Å². The zero-order valence-electron chi connectivity index (χ0n) is 10.0. The van der Waals surface area contributed by atoms with Crippen molar-refractivity contribution in [3.8, 4) is 5.75 Å². The zero-order valence-corrected chi connectivity index (χ0v) is 10.0. The summed E-state index contributed by atoms with van der Waals surface area (Å²) in [6.45, 7) is 0.882. The fraction of sp³-hybridized carbons (Fsp3) is 0.364. The van der Waals surface area contributed by atoms with Crippen molar-refractivity contribution >= 4 is 11.6 Å². The molecule has 0 atom stereocenters. The zero-order chi connectivity index (χ0) is 13.5. The van der Waals surface area contributed by atoms with Gasteiger partial charge >= 0.3 is 5.69 Å². The van der Waals surface area contributed by atoms with Gasteiger partial charge in [0.25, 0.3) is 5.91 Å². The molecule has 0 bridgehead atoms. The van der Waals surface area contributed by atoms with Crippen molar-refractivity contribution in [1.82, 2.24) is 5.32 Å². The summed E-state index contributed by atoms with van der Waals surface area (Å²) >= 11 is 0. The SMILES string of the molecule is COc1c(C(=O)NCCCN)cccc1[N+](=O)[O-]. The third-order valence-electron chi connectivity index (χ3n) is 2.31. The van der Waals surface area contributed by atoms with Crippen LogP contribution in [0.3, 0.4) is 0 Å². The maximum Gasteiger partial charge on any atom is 0.311 e. The van der Waals surface area contributed by atoms with E-state index in [1.807, 2.05) is 0 Å². The van der Waals surface area contributed by atoms with E-state index < -0.39 is 10.8 Å². The van der Waals surface area contributed by atoms with E-state index in [4.69, 9.17) is 10.5 Å². The Morgan fingerprint density at radius 1 is 1.56 bits per heavy atom. The van der Waals surface area contributed by atoms with Gasteiger partial charge in [0, 0.05) is 12.6 Å². The van der Waals surface area contributed by atoms with Gasteiger partial charge in [0.2, 0.25) is 5.75 Å². The minimum atomic E-state index is -0.588. The van der Waals surface area contributed by atoms with E-state index in [9.17, 15) is 14.9 Å². The Bertz CT molecular complexity index is 448. The van der Waals surface area contributed by atoms with Crippen molar-refractivity contribution in [3.05, 3.63) is 33.9 Å². The first-order valence-electron chi connectivity index (χ1n) is 5.41. The molecule has 1 amide bonds. The summed E-state index contributed by atoms with van der Waals surface area (Å²) < 4.78 is 4.94. The average Bonchev–Trinajstić information content (AvgIpc) is 2.37. The van der Waals surface area contributed by atoms with Crippen LogP contribution in [0.15, 0.2) is 18.2 Å². The Hall–Kier alpha value is -2.15. The molecule has 1 aromatic carbocycles. The molecule has 0 aliphatic carbocycles. The first kappa shape index (κ1) is 13.9. The van der Waals surface area contributed by atoms with Crippen molar-refractivity contribution < 1.29 is 14.5 Å². The number of nitrogens with zero attached hydrogens (tertiary/aromatic N) is 1. The number of rotatable bonds is 6. The summed E-state index contributed by atoms with van der Waals surface area (Å²) in [6.07, 6.45) is 0.642. The van der Waals surface area contributed by atoms with E-state index in [1.165, 1.54) is 25.3 Å². The Kier molecular flexibility index (Phi) is 5.06. The topological polar surface area (TPSA) is 107 Å². The van der Waals surface area contributed by atoms with Gasteiger partial charge in [-0.15, -0.1) is 0 Å². The number of methoxy groups -OCH3 is 1. The van der Waals surface area contributed by atoms with E-state index in [0.717, 1.165) is 0 Å². The van der Waals surface area contributed by atoms with Gasteiger partial charge in [-0.25, -0.2) is 0 Å². The van der Waals surface area contributed by atoms with Gasteiger partial charge in [-0.1, -0.05) is 6.07 Å². The fourth-order valence-corrected chi connectivity index (χ4v) is 1.46. The second-order valence-electron chi connectivity index (χ2n) is 3.51. The van der Waals surface area contributed by atoms with E-state index in [0.29, 0.717) is 19.5 Å². The molecule has 0 aliphatic heterocycles. The third-order valence-corrected chi connectivity index (χ3v) is 2.31. The first-order chi connectivity index (χ1) is 8.61. The second kappa shape index (κ2) is 6.55. The number of carbonyl (C=O) groups is 1. The summed E-state index contributed by atoms with van der Waals surface area (Å²) in [7, 11) is 1.29. The molecule has 0 spiro atoms. The van der Waals surface area contributed by atoms with Gasteiger partial charge < -0.3 is 15.8 Å². The number of amides is 1. The van der Waals surface area contributed by atoms with Crippen LogP contribution in [0.5, 0.6) is 5.75 Å². The molecule has 7 nitrogen and oxygen atoms in total. The Morgan fingerprint density at radius 2 is 2.28 bits per heavy atom. The number of nitrogens with one attached hydrogen (secondary N) is 1. The summed E-state index contributed by atoms with van der Waals surface area (Å²) in [5, 5.41) is 13.4. The number of ether oxygens (including phenoxy) is 1. The number of benzene rings is 1. The standard InChI is InChI=1S/C11H15N3O4/c1-18-10-8(11(15)13-7-3-6-12)4-2-5-9(10)14(16)17/h2,4-5H,3,6-7,12H2,1H3,(H,13,15). The summed E-state index contributed by atoms with van der Waals surface area (Å²) in [5.41, 5.74) is 5.22. The number of hydrogen-bond donors (Lipinski definition) is 2. The van der Waals surface area contributed by atoms with Gasteiger partial charge in [0.15, 0.2) is 0 Å². The van der Waals surface area contributed by atoms with Gasteiger partial charge in [-0.3, -0.25) is 14.9 Å². The quantitative estimate of drug-likeness (QED) is 0.440. The number of nitro benzene ring substituents is 1. The van der Waals surface area contributed by atoms with Crippen LogP contribution in [0, 0.1) is 10.1 Å². The molecule has 0 aliphatic rings. The van der Waals surface area contributed by atoms with Gasteiger partial charge in [0.05, 0.1) is 17.6 Å². The number of para-hydroxylation sites is 1. The van der Waals surface area contributed by atoms with Crippen LogP contribution in [0.1, 0.15) is 16.8 Å². The lowest BCUT2D eigenvalue weighted by molar-refractivity contribution is -0.385. The lowest BCUT2D eigenvalue weighted by Gasteiger charge is -2.09. The van der Waals surface area contributed by atoms with Crippen molar-refractivity contribution in [1.29, 1.82) is 0 Å². The highest BCUT2D eigenvalue weighted by Crippen LogP contribution is 2.30. The van der Waals surface area contributed by atoms with Gasteiger partial charge in [-0.05, 0) is 19.0 Å². The molecule has 18 heavy (non-hydrogen) atoms. The van der Waals surface area contributed by atoms with Crippen molar-refractivity contribution in [2.45, 2.75) is 6.42 Å². The maximum absolute atomic E-state index is 11.8. The number of hydrogen-bond acceptors (Lipinski definition) is 5. The predicted octanol–water partition coefficient (Wildman–Crippen LogP) is 0.682. The Morgan fingerprint density at radius 3 is 2.83 bits per heavy atom. The highest BCUT2D eigenvalue weighted by Gasteiger charge is 2.21. The van der Waals surface area contributed by atoms with E-state index in [1.54, 1.807) is 0 Å². The smallest absolute Gasteiger partial charge is 0.311 e. The molecule has 1 aromatic rings. The normalized spacial score (nSPS) is 9.89. The summed E-state index contributed by atoms with van der Waals surface area (Å²) in [6, 6.07) is 4.21. The molecule has 3 N–H and O–H groups in total. The summed E-state index contributed by atoms with van der Waals surface area (Å²) in [4.78, 5) is 22.0. The molecule has 1 rings (SSSR count). The number of nitro groups is 1. The minimum Gasteiger partial charge on any atom is -0.490 e. The highest BCUT2D eigenvalue weighted by molar-refractivity contribution is 5.98. The largest absolute Gasteiger partial charge is 0.490 e. The number of nitrogens with two attached hydrogens (primary N) is 1. The van der Waals surface area contributed by atoms with Crippen LogP contribution in [-0.2, 0) is 0 Å². The van der Waals surface area contributed by atoms with Crippen molar-refractivity contribution in [3.63, 3.8) is 0 Å². The highest BCUT2D eigenvalue weighted by atomic mass is 16.6. The molecule has 0 aromatic heterocycles. The lowest BCUT2D eigenvalue weighted by Crippen LogP contribution is -2.26. The van der Waals surface area contributed by atoms with Crippen LogP contribution in [0.2, 0.25) is 0 Å². The molecule has 0 heterocycles. The molecular weight excluding hydrogens is 238 g/mol. The minimum absolute atomic E-state index is 0.0345. The molecule has 0 fully saturated rings. The van der Waals surface area contributed by atoms with Crippen LogP contribution < -0.4 is 15.8 Å². The number of carbonyl (C=O) groups excluding carboxylic acids is 1. The third kappa shape index (κ3) is 3.17. The Balaban J connectivity index is 2.97. The monoisotopic (exact) mass is 253 g/mol. The van der Waals surface area contributed by atoms with E-state index in [2.05, 4.69) is 5.32 Å². The van der Waals surface area contributed by atoms with Crippen LogP contribution in [0.25, 0.3) is 0 Å². The van der Waals surface area contributed by atoms with Crippen LogP contribution in [0.4, 0.5) is 5.69 Å². The lowest BCUT2D eigenvalue weighted by atomic mass is 10.1. The molecule has 0 saturated carbocycles. The van der Waals surface area contributed by atoms with Crippen molar-refractivity contribution in [2.75, 3.05) is 20.2 Å². The molecule has 7 heteroatoms. The predicted molar refractivity (Wildman–Crippen MR) is 65.7 cm³/mol. The van der Waals surface area contributed by atoms with Gasteiger partial charge in [0.1, 0.15) is 0 Å². The van der Waals surface area contributed by atoms with E-state index in [-0.39, 0.29) is 17.0 Å². The second-order valence-corrected chi connectivity index (χ2v) is 3.51. The van der Waals surface area contributed by atoms with E-state index >= 15 is 0 Å². The Labute approximate surface area is 104 Å². The summed E-state index contributed by atoms with van der Waals surface area (Å²) in [5.74, 6) is -0.447. The molecule has 0 radical (unpaired) electrons. The van der Waals surface area contributed by atoms with Gasteiger partial charge in [-0.2, -0.15) is 0 Å². The maximum atomic E-state index is 11.8. The fourth-order valence-electron chi connectivity index (χ4n) is 1.46.